The van der Waals surface area contributed by atoms with Crippen molar-refractivity contribution in [1.29, 1.82) is 0 Å². The topological polar surface area (TPSA) is 67.9 Å². The van der Waals surface area contributed by atoms with E-state index in [2.05, 4.69) is 15.0 Å². The predicted molar refractivity (Wildman–Crippen MR) is 67.8 cm³/mol. The highest BCUT2D eigenvalue weighted by Crippen LogP contribution is 2.26. The van der Waals surface area contributed by atoms with Crippen LogP contribution < -0.4 is 10.6 Å². The molecule has 0 aromatic carbocycles. The Bertz CT molecular complexity index is 502. The number of aromatic nitrogens is 3. The van der Waals surface area contributed by atoms with Gasteiger partial charge in [-0.05, 0) is 12.1 Å². The minimum Gasteiger partial charge on any atom is -0.382 e. The smallest absolute Gasteiger partial charge is 0.153 e. The van der Waals surface area contributed by atoms with E-state index in [4.69, 9.17) is 17.3 Å². The molecule has 0 saturated heterocycles. The summed E-state index contributed by atoms with van der Waals surface area (Å²) in [4.78, 5) is 14.0. The van der Waals surface area contributed by atoms with Gasteiger partial charge < -0.3 is 10.6 Å². The van der Waals surface area contributed by atoms with Gasteiger partial charge in [-0.1, -0.05) is 17.7 Å². The Labute approximate surface area is 104 Å². The number of halogens is 1. The molecule has 0 radical (unpaired) electrons. The Morgan fingerprint density at radius 1 is 1.29 bits per heavy atom. The van der Waals surface area contributed by atoms with Gasteiger partial charge in [0.05, 0.1) is 12.2 Å². The lowest BCUT2D eigenvalue weighted by molar-refractivity contribution is 0.862. The third kappa shape index (κ3) is 2.62. The molecule has 6 heteroatoms. The van der Waals surface area contributed by atoms with E-state index in [1.54, 1.807) is 6.20 Å². The lowest BCUT2D eigenvalue weighted by Gasteiger charge is -2.18. The van der Waals surface area contributed by atoms with Gasteiger partial charge in [0.1, 0.15) is 17.2 Å². The van der Waals surface area contributed by atoms with Crippen LogP contribution in [0.5, 0.6) is 0 Å². The van der Waals surface area contributed by atoms with E-state index in [1.165, 1.54) is 6.33 Å². The van der Waals surface area contributed by atoms with Crippen LogP contribution in [-0.4, -0.2) is 22.0 Å². The average Bonchev–Trinajstić information content (AvgIpc) is 2.34. The molecule has 0 spiro atoms. The van der Waals surface area contributed by atoms with Crippen molar-refractivity contribution in [2.45, 2.75) is 6.54 Å². The molecular formula is C11H12ClN5. The summed E-state index contributed by atoms with van der Waals surface area (Å²) in [5, 5.41) is 0.367. The molecule has 0 bridgehead atoms. The Hall–Kier alpha value is -1.88. The van der Waals surface area contributed by atoms with Gasteiger partial charge >= 0.3 is 0 Å². The molecule has 2 rings (SSSR count). The summed E-state index contributed by atoms with van der Waals surface area (Å²) in [6.45, 7) is 0.608. The van der Waals surface area contributed by atoms with Crippen LogP contribution in [0, 0.1) is 0 Å². The highest BCUT2D eigenvalue weighted by atomic mass is 35.5. The van der Waals surface area contributed by atoms with Crippen molar-refractivity contribution in [2.75, 3.05) is 17.7 Å². The van der Waals surface area contributed by atoms with Gasteiger partial charge in [-0.2, -0.15) is 0 Å². The third-order valence-corrected chi connectivity index (χ3v) is 2.65. The molecule has 5 nitrogen and oxygen atoms in total. The fourth-order valence-corrected chi connectivity index (χ4v) is 1.69. The van der Waals surface area contributed by atoms with Crippen molar-refractivity contribution in [3.63, 3.8) is 0 Å². The quantitative estimate of drug-likeness (QED) is 0.898. The average molecular weight is 250 g/mol. The molecule has 2 aromatic rings. The molecule has 0 amide bonds. The summed E-state index contributed by atoms with van der Waals surface area (Å²) in [7, 11) is 1.88. The first-order chi connectivity index (χ1) is 8.18. The summed E-state index contributed by atoms with van der Waals surface area (Å²) >= 11 is 6.04. The number of rotatable bonds is 3. The van der Waals surface area contributed by atoms with E-state index >= 15 is 0 Å². The normalized spacial score (nSPS) is 10.2. The number of hydrogen-bond acceptors (Lipinski definition) is 5. The minimum absolute atomic E-state index is 0.282. The van der Waals surface area contributed by atoms with Crippen LogP contribution in [-0.2, 0) is 6.54 Å². The van der Waals surface area contributed by atoms with E-state index in [0.29, 0.717) is 17.4 Å². The van der Waals surface area contributed by atoms with Crippen LogP contribution in [0.15, 0.2) is 30.7 Å². The van der Waals surface area contributed by atoms with Crippen molar-refractivity contribution in [1.82, 2.24) is 15.0 Å². The summed E-state index contributed by atoms with van der Waals surface area (Å²) < 4.78 is 0. The van der Waals surface area contributed by atoms with Crippen LogP contribution in [0.1, 0.15) is 5.69 Å². The Balaban J connectivity index is 2.20. The number of nitrogens with two attached hydrogens (primary N) is 1. The standard InChI is InChI=1S/C11H12ClN5/c1-17(6-8-4-2-3-5-14-8)11-9(12)10(13)15-7-16-11/h2-5,7H,6H2,1H3,(H2,13,15,16). The number of pyridine rings is 1. The number of hydrogen-bond donors (Lipinski definition) is 1. The van der Waals surface area contributed by atoms with Gasteiger partial charge in [-0.15, -0.1) is 0 Å². The molecule has 2 aromatic heterocycles. The second-order valence-electron chi connectivity index (χ2n) is 3.57. The monoisotopic (exact) mass is 249 g/mol. The molecule has 0 saturated carbocycles. The minimum atomic E-state index is 0.282. The second kappa shape index (κ2) is 4.97. The molecule has 88 valence electrons. The molecule has 2 heterocycles. The van der Waals surface area contributed by atoms with E-state index in [0.717, 1.165) is 5.69 Å². The summed E-state index contributed by atoms with van der Waals surface area (Å²) in [5.74, 6) is 0.884. The van der Waals surface area contributed by atoms with Crippen LogP contribution in [0.4, 0.5) is 11.6 Å². The second-order valence-corrected chi connectivity index (χ2v) is 3.95. The van der Waals surface area contributed by atoms with Crippen LogP contribution in [0.3, 0.4) is 0 Å². The predicted octanol–water partition coefficient (Wildman–Crippen LogP) is 1.74. The molecule has 0 unspecified atom stereocenters. The van der Waals surface area contributed by atoms with Gasteiger partial charge in [-0.3, -0.25) is 4.98 Å². The fourth-order valence-electron chi connectivity index (χ4n) is 1.45. The van der Waals surface area contributed by atoms with Gasteiger partial charge in [0.15, 0.2) is 5.82 Å². The first-order valence-electron chi connectivity index (χ1n) is 5.05. The summed E-state index contributed by atoms with van der Waals surface area (Å²) in [6.07, 6.45) is 3.14. The Morgan fingerprint density at radius 3 is 2.82 bits per heavy atom. The maximum atomic E-state index is 6.04. The number of nitrogen functional groups attached to an aromatic ring is 1. The van der Waals surface area contributed by atoms with Gasteiger partial charge in [-0.25, -0.2) is 9.97 Å². The number of nitrogens with zero attached hydrogens (tertiary/aromatic N) is 4. The highest BCUT2D eigenvalue weighted by Gasteiger charge is 2.11. The maximum absolute atomic E-state index is 6.04. The molecule has 2 N–H and O–H groups in total. The summed E-state index contributed by atoms with van der Waals surface area (Å²) in [5.41, 5.74) is 6.56. The zero-order valence-electron chi connectivity index (χ0n) is 9.34. The van der Waals surface area contributed by atoms with E-state index in [1.807, 2.05) is 30.1 Å². The van der Waals surface area contributed by atoms with Gasteiger partial charge in [0.2, 0.25) is 0 Å². The van der Waals surface area contributed by atoms with Crippen molar-refractivity contribution in [3.05, 3.63) is 41.4 Å². The third-order valence-electron chi connectivity index (χ3n) is 2.28. The fraction of sp³-hybridized carbons (Fsp3) is 0.182. The van der Waals surface area contributed by atoms with Crippen molar-refractivity contribution < 1.29 is 0 Å². The van der Waals surface area contributed by atoms with E-state index in [-0.39, 0.29) is 5.82 Å². The van der Waals surface area contributed by atoms with E-state index < -0.39 is 0 Å². The molecular weight excluding hydrogens is 238 g/mol. The molecule has 0 aliphatic carbocycles. The Kier molecular flexibility index (Phi) is 3.39. The van der Waals surface area contributed by atoms with Crippen molar-refractivity contribution in [2.24, 2.45) is 0 Å². The first-order valence-corrected chi connectivity index (χ1v) is 5.43. The van der Waals surface area contributed by atoms with Gasteiger partial charge in [0.25, 0.3) is 0 Å². The SMILES string of the molecule is CN(Cc1ccccn1)c1ncnc(N)c1Cl. The highest BCUT2D eigenvalue weighted by molar-refractivity contribution is 6.35. The maximum Gasteiger partial charge on any atom is 0.153 e. The zero-order chi connectivity index (χ0) is 12.3. The van der Waals surface area contributed by atoms with E-state index in [9.17, 15) is 0 Å². The lowest BCUT2D eigenvalue weighted by atomic mass is 10.3. The van der Waals surface area contributed by atoms with Crippen LogP contribution in [0.25, 0.3) is 0 Å². The molecule has 0 aliphatic rings. The Morgan fingerprint density at radius 2 is 2.12 bits per heavy atom. The zero-order valence-corrected chi connectivity index (χ0v) is 10.1. The first kappa shape index (κ1) is 11.6. The summed E-state index contributed by atoms with van der Waals surface area (Å²) in [6, 6.07) is 5.75. The van der Waals surface area contributed by atoms with Crippen LogP contribution in [0.2, 0.25) is 5.02 Å². The molecule has 0 fully saturated rings. The van der Waals surface area contributed by atoms with Crippen molar-refractivity contribution >= 4 is 23.2 Å². The van der Waals surface area contributed by atoms with Crippen molar-refractivity contribution in [3.8, 4) is 0 Å². The van der Waals surface area contributed by atoms with Crippen LogP contribution >= 0.6 is 11.6 Å². The molecule has 0 atom stereocenters. The number of anilines is 2. The van der Waals surface area contributed by atoms with Gasteiger partial charge in [0, 0.05) is 13.2 Å². The molecule has 17 heavy (non-hydrogen) atoms. The molecule has 0 aliphatic heterocycles. The largest absolute Gasteiger partial charge is 0.382 e. The lowest BCUT2D eigenvalue weighted by Crippen LogP contribution is -2.19.